The second kappa shape index (κ2) is 9.90. The molecule has 3 rings (SSSR count). The Labute approximate surface area is 170 Å². The Bertz CT molecular complexity index is 705. The molecule has 2 aromatic rings. The van der Waals surface area contributed by atoms with Gasteiger partial charge in [-0.05, 0) is 31.0 Å². The van der Waals surface area contributed by atoms with Gasteiger partial charge in [-0.15, -0.1) is 0 Å². The van der Waals surface area contributed by atoms with E-state index in [1.54, 1.807) is 0 Å². The van der Waals surface area contributed by atoms with Crippen LogP contribution in [0.15, 0.2) is 52.5 Å². The van der Waals surface area contributed by atoms with Gasteiger partial charge in [0.1, 0.15) is 0 Å². The van der Waals surface area contributed by atoms with Crippen molar-refractivity contribution in [2.24, 2.45) is 4.99 Å². The molecule has 1 saturated heterocycles. The number of aromatic nitrogens is 2. The molecule has 7 heteroatoms. The van der Waals surface area contributed by atoms with Gasteiger partial charge in [0.2, 0.25) is 0 Å². The summed E-state index contributed by atoms with van der Waals surface area (Å²) in [6.45, 7) is 8.29. The van der Waals surface area contributed by atoms with Gasteiger partial charge in [0.05, 0.1) is 6.33 Å². The summed E-state index contributed by atoms with van der Waals surface area (Å²) in [4.78, 5) is 13.5. The number of benzene rings is 1. The SMILES string of the molecule is CN=C(NCCCn1ccnc1)N1CCN(C(C)c2ccc(Br)cc2)CC1. The minimum Gasteiger partial charge on any atom is -0.356 e. The summed E-state index contributed by atoms with van der Waals surface area (Å²) in [6.07, 6.45) is 6.73. The highest BCUT2D eigenvalue weighted by Crippen LogP contribution is 2.23. The van der Waals surface area contributed by atoms with Crippen molar-refractivity contribution in [3.05, 3.63) is 53.0 Å². The summed E-state index contributed by atoms with van der Waals surface area (Å²) in [5.74, 6) is 1.01. The van der Waals surface area contributed by atoms with Crippen LogP contribution in [0.2, 0.25) is 0 Å². The predicted molar refractivity (Wildman–Crippen MR) is 114 cm³/mol. The molecule has 1 aromatic heterocycles. The van der Waals surface area contributed by atoms with Crippen molar-refractivity contribution in [1.82, 2.24) is 24.7 Å². The lowest BCUT2D eigenvalue weighted by molar-refractivity contribution is 0.138. The molecule has 1 atom stereocenters. The van der Waals surface area contributed by atoms with Gasteiger partial charge in [-0.2, -0.15) is 0 Å². The average molecular weight is 433 g/mol. The zero-order chi connectivity index (χ0) is 19.1. The molecule has 0 spiro atoms. The topological polar surface area (TPSA) is 48.7 Å². The number of halogens is 1. The van der Waals surface area contributed by atoms with Crippen LogP contribution < -0.4 is 5.32 Å². The molecule has 1 unspecified atom stereocenters. The second-order valence-corrected chi connectivity index (χ2v) is 7.79. The van der Waals surface area contributed by atoms with Crippen LogP contribution in [-0.2, 0) is 6.54 Å². The van der Waals surface area contributed by atoms with E-state index in [1.165, 1.54) is 5.56 Å². The van der Waals surface area contributed by atoms with Crippen LogP contribution in [0.5, 0.6) is 0 Å². The zero-order valence-corrected chi connectivity index (χ0v) is 17.8. The van der Waals surface area contributed by atoms with Crippen LogP contribution in [0.25, 0.3) is 0 Å². The minimum absolute atomic E-state index is 0.436. The first-order valence-corrected chi connectivity index (χ1v) is 10.4. The van der Waals surface area contributed by atoms with Gasteiger partial charge >= 0.3 is 0 Å². The Morgan fingerprint density at radius 3 is 2.59 bits per heavy atom. The van der Waals surface area contributed by atoms with Gasteiger partial charge in [0.25, 0.3) is 0 Å². The van der Waals surface area contributed by atoms with E-state index in [-0.39, 0.29) is 0 Å². The van der Waals surface area contributed by atoms with E-state index in [1.807, 2.05) is 25.8 Å². The molecular weight excluding hydrogens is 404 g/mol. The summed E-state index contributed by atoms with van der Waals surface area (Å²) in [5.41, 5.74) is 1.37. The van der Waals surface area contributed by atoms with Crippen LogP contribution in [0.3, 0.4) is 0 Å². The molecule has 2 heterocycles. The first kappa shape index (κ1) is 19.9. The standard InChI is InChI=1S/C20H29BrN6/c1-17(18-4-6-19(21)7-5-18)26-12-14-27(15-13-26)20(22-2)24-8-3-10-25-11-9-23-16-25/h4-7,9,11,16-17H,3,8,10,12-15H2,1-2H3,(H,22,24). The monoisotopic (exact) mass is 432 g/mol. The lowest BCUT2D eigenvalue weighted by Crippen LogP contribution is -2.53. The van der Waals surface area contributed by atoms with Crippen molar-refractivity contribution < 1.29 is 0 Å². The van der Waals surface area contributed by atoms with Crippen molar-refractivity contribution in [1.29, 1.82) is 0 Å². The molecule has 0 saturated carbocycles. The fraction of sp³-hybridized carbons (Fsp3) is 0.500. The van der Waals surface area contributed by atoms with Gasteiger partial charge in [-0.1, -0.05) is 28.1 Å². The number of nitrogens with one attached hydrogen (secondary N) is 1. The summed E-state index contributed by atoms with van der Waals surface area (Å²) in [7, 11) is 1.87. The van der Waals surface area contributed by atoms with Crippen molar-refractivity contribution in [3.63, 3.8) is 0 Å². The fourth-order valence-electron chi connectivity index (χ4n) is 3.49. The highest BCUT2D eigenvalue weighted by atomic mass is 79.9. The number of rotatable bonds is 6. The molecule has 1 aliphatic heterocycles. The quantitative estimate of drug-likeness (QED) is 0.432. The van der Waals surface area contributed by atoms with Gasteiger partial charge in [-0.3, -0.25) is 9.89 Å². The highest BCUT2D eigenvalue weighted by molar-refractivity contribution is 9.10. The maximum Gasteiger partial charge on any atom is 0.193 e. The number of imidazole rings is 1. The van der Waals surface area contributed by atoms with Crippen LogP contribution >= 0.6 is 15.9 Å². The van der Waals surface area contributed by atoms with Crippen molar-refractivity contribution in [2.45, 2.75) is 25.9 Å². The molecule has 27 heavy (non-hydrogen) atoms. The van der Waals surface area contributed by atoms with Gasteiger partial charge < -0.3 is 14.8 Å². The first-order chi connectivity index (χ1) is 13.2. The molecule has 0 radical (unpaired) electrons. The Morgan fingerprint density at radius 2 is 1.96 bits per heavy atom. The number of aliphatic imine (C=N–C) groups is 1. The van der Waals surface area contributed by atoms with Crippen molar-refractivity contribution in [2.75, 3.05) is 39.8 Å². The third-order valence-electron chi connectivity index (χ3n) is 5.16. The number of hydrogen-bond acceptors (Lipinski definition) is 3. The molecule has 1 N–H and O–H groups in total. The fourth-order valence-corrected chi connectivity index (χ4v) is 3.75. The van der Waals surface area contributed by atoms with Crippen LogP contribution in [0, 0.1) is 0 Å². The molecule has 0 bridgehead atoms. The Hall–Kier alpha value is -1.86. The van der Waals surface area contributed by atoms with Gasteiger partial charge in [0, 0.05) is 69.2 Å². The van der Waals surface area contributed by atoms with Crippen LogP contribution in [0.1, 0.15) is 24.9 Å². The largest absolute Gasteiger partial charge is 0.356 e. The van der Waals surface area contributed by atoms with Crippen molar-refractivity contribution >= 4 is 21.9 Å². The number of hydrogen-bond donors (Lipinski definition) is 1. The van der Waals surface area contributed by atoms with Crippen molar-refractivity contribution in [3.8, 4) is 0 Å². The number of nitrogens with zero attached hydrogens (tertiary/aromatic N) is 5. The van der Waals surface area contributed by atoms with E-state index in [9.17, 15) is 0 Å². The Kier molecular flexibility index (Phi) is 7.29. The van der Waals surface area contributed by atoms with E-state index in [0.717, 1.165) is 56.1 Å². The zero-order valence-electron chi connectivity index (χ0n) is 16.2. The Morgan fingerprint density at radius 1 is 1.22 bits per heavy atom. The molecule has 1 aromatic carbocycles. The molecular formula is C20H29BrN6. The van der Waals surface area contributed by atoms with E-state index >= 15 is 0 Å². The first-order valence-electron chi connectivity index (χ1n) is 9.58. The van der Waals surface area contributed by atoms with E-state index in [4.69, 9.17) is 0 Å². The number of guanidine groups is 1. The highest BCUT2D eigenvalue weighted by Gasteiger charge is 2.23. The summed E-state index contributed by atoms with van der Waals surface area (Å²) < 4.78 is 3.23. The molecule has 146 valence electrons. The normalized spacial score (nSPS) is 17.1. The lowest BCUT2D eigenvalue weighted by Gasteiger charge is -2.39. The second-order valence-electron chi connectivity index (χ2n) is 6.88. The summed E-state index contributed by atoms with van der Waals surface area (Å²) in [5, 5.41) is 3.50. The number of piperazine rings is 1. The van der Waals surface area contributed by atoms with E-state index < -0.39 is 0 Å². The van der Waals surface area contributed by atoms with E-state index in [2.05, 4.69) is 76.8 Å². The summed E-state index contributed by atoms with van der Waals surface area (Å²) >= 11 is 3.51. The smallest absolute Gasteiger partial charge is 0.193 e. The molecule has 6 nitrogen and oxygen atoms in total. The molecule has 0 aliphatic carbocycles. The van der Waals surface area contributed by atoms with Gasteiger partial charge in [0.15, 0.2) is 5.96 Å². The third kappa shape index (κ3) is 5.56. The third-order valence-corrected chi connectivity index (χ3v) is 5.69. The maximum atomic E-state index is 4.47. The lowest BCUT2D eigenvalue weighted by atomic mass is 10.1. The maximum absolute atomic E-state index is 4.47. The molecule has 1 aliphatic rings. The number of aryl methyl sites for hydroxylation is 1. The Balaban J connectivity index is 1.43. The van der Waals surface area contributed by atoms with Crippen LogP contribution in [0.4, 0.5) is 0 Å². The van der Waals surface area contributed by atoms with Crippen LogP contribution in [-0.4, -0.2) is 65.1 Å². The minimum atomic E-state index is 0.436. The average Bonchev–Trinajstić information content (AvgIpc) is 3.22. The molecule has 0 amide bonds. The predicted octanol–water partition coefficient (Wildman–Crippen LogP) is 2.99. The van der Waals surface area contributed by atoms with Gasteiger partial charge in [-0.25, -0.2) is 4.98 Å². The van der Waals surface area contributed by atoms with E-state index in [0.29, 0.717) is 6.04 Å². The molecule has 1 fully saturated rings. The summed E-state index contributed by atoms with van der Waals surface area (Å²) in [6, 6.07) is 9.10.